The summed E-state index contributed by atoms with van der Waals surface area (Å²) in [6.45, 7) is 2.82. The number of fused-ring (bicyclic) bond motifs is 2. The van der Waals surface area contributed by atoms with Gasteiger partial charge in [-0.3, -0.25) is 5.43 Å². The van der Waals surface area contributed by atoms with Crippen LogP contribution in [0.3, 0.4) is 0 Å². The summed E-state index contributed by atoms with van der Waals surface area (Å²) in [5.74, 6) is 2.82. The lowest BCUT2D eigenvalue weighted by Gasteiger charge is -2.05. The minimum Gasteiger partial charge on any atom is -0.494 e. The summed E-state index contributed by atoms with van der Waals surface area (Å²) in [5, 5.41) is 5.15. The van der Waals surface area contributed by atoms with Crippen LogP contribution < -0.4 is 19.6 Å². The lowest BCUT2D eigenvalue weighted by molar-refractivity contribution is 0.174. The maximum atomic E-state index is 5.52. The molecule has 0 atom stereocenters. The average Bonchev–Trinajstić information content (AvgIpc) is 3.46. The molecule has 5 rings (SSSR count). The normalized spacial score (nSPS) is 13.1. The number of aromatic nitrogens is 1. The number of amidine groups is 1. The number of thiazole rings is 1. The van der Waals surface area contributed by atoms with E-state index in [0.717, 1.165) is 38.0 Å². The molecule has 32 heavy (non-hydrogen) atoms. The average molecular weight is 445 g/mol. The Hall–Kier alpha value is -3.91. The highest BCUT2D eigenvalue weighted by molar-refractivity contribution is 7.20. The van der Waals surface area contributed by atoms with Gasteiger partial charge in [-0.25, -0.2) is 9.98 Å². The third kappa shape index (κ3) is 4.40. The molecule has 3 aromatic carbocycles. The summed E-state index contributed by atoms with van der Waals surface area (Å²) in [4.78, 5) is 9.47. The molecule has 0 saturated heterocycles. The van der Waals surface area contributed by atoms with Gasteiger partial charge < -0.3 is 14.2 Å². The minimum absolute atomic E-state index is 0.241. The lowest BCUT2D eigenvalue weighted by Crippen LogP contribution is -2.18. The molecule has 0 radical (unpaired) electrons. The summed E-state index contributed by atoms with van der Waals surface area (Å²) < 4.78 is 17.4. The van der Waals surface area contributed by atoms with Crippen LogP contribution in [0.2, 0.25) is 0 Å². The second-order valence-corrected chi connectivity index (χ2v) is 7.89. The number of benzene rings is 3. The van der Waals surface area contributed by atoms with Gasteiger partial charge in [0.15, 0.2) is 22.3 Å². The van der Waals surface area contributed by atoms with Crippen LogP contribution in [0.15, 0.2) is 76.8 Å². The van der Waals surface area contributed by atoms with Crippen molar-refractivity contribution < 1.29 is 14.2 Å². The molecule has 2 heterocycles. The Labute approximate surface area is 189 Å². The molecule has 8 heteroatoms. The number of aliphatic imine (C=N–C) groups is 1. The van der Waals surface area contributed by atoms with Crippen LogP contribution >= 0.6 is 11.3 Å². The van der Waals surface area contributed by atoms with Crippen LogP contribution in [0, 0.1) is 0 Å². The number of nitrogens with zero attached hydrogens (tertiary/aromatic N) is 3. The molecule has 1 aliphatic rings. The van der Waals surface area contributed by atoms with Gasteiger partial charge in [-0.2, -0.15) is 5.10 Å². The fraction of sp³-hybridized carbons (Fsp3) is 0.125. The summed E-state index contributed by atoms with van der Waals surface area (Å²) in [6.07, 6.45) is 1.71. The zero-order chi connectivity index (χ0) is 21.8. The van der Waals surface area contributed by atoms with E-state index in [4.69, 9.17) is 24.2 Å². The maximum Gasteiger partial charge on any atom is 0.231 e. The topological polar surface area (TPSA) is 77.3 Å². The highest BCUT2D eigenvalue weighted by atomic mass is 32.1. The standard InChI is InChI=1S/C24H20N4O3S/c1-2-29-18-10-8-17(9-11-18)26-23(24-27-19-5-3-4-6-22(19)32-24)28-25-14-16-7-12-20-21(13-16)31-15-30-20/h3-14H,2,15H2,1H3,(H,26,28)/b25-14+. The Balaban J connectivity index is 1.43. The third-order valence-corrected chi connectivity index (χ3v) is 5.71. The Bertz CT molecular complexity index is 1270. The molecule has 0 amide bonds. The van der Waals surface area contributed by atoms with Crippen LogP contribution in [0.1, 0.15) is 17.5 Å². The predicted molar refractivity (Wildman–Crippen MR) is 127 cm³/mol. The van der Waals surface area contributed by atoms with Crippen LogP contribution in [0.25, 0.3) is 10.2 Å². The van der Waals surface area contributed by atoms with Crippen molar-refractivity contribution in [3.63, 3.8) is 0 Å². The first-order valence-electron chi connectivity index (χ1n) is 10.1. The molecule has 0 fully saturated rings. The highest BCUT2D eigenvalue weighted by Gasteiger charge is 2.13. The first-order chi connectivity index (χ1) is 15.8. The number of hydrogen-bond donors (Lipinski definition) is 1. The zero-order valence-electron chi connectivity index (χ0n) is 17.3. The van der Waals surface area contributed by atoms with Crippen molar-refractivity contribution in [3.05, 3.63) is 77.3 Å². The van der Waals surface area contributed by atoms with Crippen molar-refractivity contribution in [1.82, 2.24) is 10.4 Å². The van der Waals surface area contributed by atoms with Crippen LogP contribution in [0.5, 0.6) is 17.2 Å². The molecule has 0 saturated carbocycles. The maximum absolute atomic E-state index is 5.52. The Morgan fingerprint density at radius 3 is 2.78 bits per heavy atom. The van der Waals surface area contributed by atoms with E-state index in [0.29, 0.717) is 18.2 Å². The molecule has 0 bridgehead atoms. The molecule has 1 aromatic heterocycles. The molecule has 0 spiro atoms. The summed E-state index contributed by atoms with van der Waals surface area (Å²) >= 11 is 1.56. The van der Waals surface area contributed by atoms with Crippen molar-refractivity contribution in [3.8, 4) is 17.2 Å². The fourth-order valence-corrected chi connectivity index (χ4v) is 4.07. The van der Waals surface area contributed by atoms with Gasteiger partial charge >= 0.3 is 0 Å². The van der Waals surface area contributed by atoms with Gasteiger partial charge in [0.25, 0.3) is 0 Å². The van der Waals surface area contributed by atoms with E-state index in [-0.39, 0.29) is 6.79 Å². The molecule has 0 unspecified atom stereocenters. The molecule has 0 aliphatic carbocycles. The number of nitrogens with one attached hydrogen (secondary N) is 1. The van der Waals surface area contributed by atoms with Crippen LogP contribution in [-0.2, 0) is 0 Å². The van der Waals surface area contributed by atoms with Gasteiger partial charge in [0, 0.05) is 0 Å². The van der Waals surface area contributed by atoms with Gasteiger partial charge in [0.1, 0.15) is 5.75 Å². The molecule has 4 aromatic rings. The van der Waals surface area contributed by atoms with E-state index in [1.807, 2.05) is 73.7 Å². The Morgan fingerprint density at radius 1 is 1.09 bits per heavy atom. The smallest absolute Gasteiger partial charge is 0.231 e. The molecule has 1 aliphatic heterocycles. The van der Waals surface area contributed by atoms with Gasteiger partial charge in [-0.15, -0.1) is 11.3 Å². The van der Waals surface area contributed by atoms with Gasteiger partial charge in [0.2, 0.25) is 6.79 Å². The fourth-order valence-electron chi connectivity index (χ4n) is 3.17. The SMILES string of the molecule is CCOc1ccc(N=C(N/N=C/c2ccc3c(c2)OCO3)c2nc3ccccc3s2)cc1. The molecule has 1 N–H and O–H groups in total. The van der Waals surface area contributed by atoms with E-state index in [1.165, 1.54) is 0 Å². The molecular formula is C24H20N4O3S. The van der Waals surface area contributed by atoms with E-state index >= 15 is 0 Å². The van der Waals surface area contributed by atoms with Crippen molar-refractivity contribution in [2.24, 2.45) is 10.1 Å². The van der Waals surface area contributed by atoms with E-state index in [2.05, 4.69) is 10.5 Å². The first kappa shape index (κ1) is 20.0. The number of para-hydroxylation sites is 1. The van der Waals surface area contributed by atoms with Crippen molar-refractivity contribution in [2.75, 3.05) is 13.4 Å². The number of ether oxygens (including phenoxy) is 3. The van der Waals surface area contributed by atoms with E-state index < -0.39 is 0 Å². The monoisotopic (exact) mass is 444 g/mol. The van der Waals surface area contributed by atoms with Gasteiger partial charge in [-0.05, 0) is 67.1 Å². The van der Waals surface area contributed by atoms with Gasteiger partial charge in [-0.1, -0.05) is 12.1 Å². The number of hydrogen-bond acceptors (Lipinski definition) is 7. The van der Waals surface area contributed by atoms with Crippen molar-refractivity contribution in [1.29, 1.82) is 0 Å². The highest BCUT2D eigenvalue weighted by Crippen LogP contribution is 2.32. The Kier molecular flexibility index (Phi) is 5.67. The zero-order valence-corrected chi connectivity index (χ0v) is 18.1. The third-order valence-electron chi connectivity index (χ3n) is 4.67. The van der Waals surface area contributed by atoms with E-state index in [9.17, 15) is 0 Å². The predicted octanol–water partition coefficient (Wildman–Crippen LogP) is 5.13. The molecule has 7 nitrogen and oxygen atoms in total. The second-order valence-electron chi connectivity index (χ2n) is 6.86. The number of hydrazone groups is 1. The summed E-state index contributed by atoms with van der Waals surface area (Å²) in [5.41, 5.74) is 5.64. The number of rotatable bonds is 6. The first-order valence-corrected chi connectivity index (χ1v) is 11.0. The second kappa shape index (κ2) is 9.07. The summed E-state index contributed by atoms with van der Waals surface area (Å²) in [6, 6.07) is 21.3. The van der Waals surface area contributed by atoms with Crippen molar-refractivity contribution >= 4 is 39.3 Å². The largest absolute Gasteiger partial charge is 0.494 e. The quantitative estimate of drug-likeness (QED) is 0.254. The van der Waals surface area contributed by atoms with Crippen LogP contribution in [-0.4, -0.2) is 30.4 Å². The van der Waals surface area contributed by atoms with Gasteiger partial charge in [0.05, 0.1) is 28.7 Å². The lowest BCUT2D eigenvalue weighted by atomic mass is 10.2. The van der Waals surface area contributed by atoms with Crippen molar-refractivity contribution in [2.45, 2.75) is 6.92 Å². The van der Waals surface area contributed by atoms with Crippen LogP contribution in [0.4, 0.5) is 5.69 Å². The Morgan fingerprint density at radius 2 is 1.94 bits per heavy atom. The molecule has 160 valence electrons. The summed E-state index contributed by atoms with van der Waals surface area (Å²) in [7, 11) is 0. The van der Waals surface area contributed by atoms with E-state index in [1.54, 1.807) is 17.6 Å². The molecular weight excluding hydrogens is 424 g/mol. The minimum atomic E-state index is 0.241.